The van der Waals surface area contributed by atoms with Gasteiger partial charge in [0.15, 0.2) is 0 Å². The Morgan fingerprint density at radius 2 is 2.00 bits per heavy atom. The number of ether oxygens (including phenoxy) is 1. The van der Waals surface area contributed by atoms with Crippen molar-refractivity contribution in [3.05, 3.63) is 70.3 Å². The Kier molecular flexibility index (Phi) is 6.43. The van der Waals surface area contributed by atoms with E-state index in [0.29, 0.717) is 55.2 Å². The number of nitriles is 1. The van der Waals surface area contributed by atoms with E-state index in [9.17, 15) is 14.7 Å². The third kappa shape index (κ3) is 4.89. The summed E-state index contributed by atoms with van der Waals surface area (Å²) in [7, 11) is 1.62. The molecule has 33 heavy (non-hydrogen) atoms. The second-order valence-electron chi connectivity index (χ2n) is 8.44. The van der Waals surface area contributed by atoms with E-state index in [1.165, 1.54) is 10.9 Å². The second kappa shape index (κ2) is 9.43. The van der Waals surface area contributed by atoms with Crippen LogP contribution in [0.1, 0.15) is 30.4 Å². The van der Waals surface area contributed by atoms with Crippen molar-refractivity contribution in [2.24, 2.45) is 0 Å². The molecule has 1 fully saturated rings. The van der Waals surface area contributed by atoms with E-state index >= 15 is 0 Å². The Balaban J connectivity index is 1.37. The molecule has 0 aliphatic carbocycles. The molecule has 1 aliphatic rings. The molecule has 1 aromatic heterocycles. The fraction of sp³-hybridized carbons (Fsp3) is 0.360. The van der Waals surface area contributed by atoms with Gasteiger partial charge in [-0.3, -0.25) is 14.2 Å². The zero-order chi connectivity index (χ0) is 23.4. The average molecular weight is 447 g/mol. The smallest absolute Gasteiger partial charge is 0.261 e. The molecular weight excluding hydrogens is 420 g/mol. The minimum atomic E-state index is -1.09. The van der Waals surface area contributed by atoms with Crippen LogP contribution in [0.4, 0.5) is 0 Å². The molecule has 0 bridgehead atoms. The quantitative estimate of drug-likeness (QED) is 0.622. The van der Waals surface area contributed by atoms with Crippen LogP contribution in [0.3, 0.4) is 0 Å². The van der Waals surface area contributed by atoms with E-state index in [2.05, 4.69) is 4.98 Å². The Morgan fingerprint density at radius 1 is 1.24 bits per heavy atom. The van der Waals surface area contributed by atoms with Crippen molar-refractivity contribution in [2.45, 2.75) is 37.8 Å². The van der Waals surface area contributed by atoms with Crippen LogP contribution in [0, 0.1) is 11.3 Å². The lowest BCUT2D eigenvalue weighted by molar-refractivity contribution is -0.135. The molecule has 170 valence electrons. The lowest BCUT2D eigenvalue weighted by Gasteiger charge is -2.38. The first-order valence-corrected chi connectivity index (χ1v) is 10.9. The molecule has 3 aromatic rings. The van der Waals surface area contributed by atoms with Gasteiger partial charge in [-0.25, -0.2) is 4.98 Å². The van der Waals surface area contributed by atoms with Crippen molar-refractivity contribution in [1.82, 2.24) is 14.5 Å². The predicted octanol–water partition coefficient (Wildman–Crippen LogP) is 2.26. The van der Waals surface area contributed by atoms with Crippen LogP contribution in [-0.2, 0) is 17.8 Å². The minimum Gasteiger partial charge on any atom is -0.496 e. The lowest BCUT2D eigenvalue weighted by atomic mass is 9.91. The van der Waals surface area contributed by atoms with Crippen molar-refractivity contribution in [3.63, 3.8) is 0 Å². The maximum atomic E-state index is 12.8. The summed E-state index contributed by atoms with van der Waals surface area (Å²) < 4.78 is 6.76. The number of amides is 1. The van der Waals surface area contributed by atoms with Crippen molar-refractivity contribution in [3.8, 4) is 11.8 Å². The largest absolute Gasteiger partial charge is 0.496 e. The molecule has 1 amide bonds. The number of carbonyl (C=O) groups excluding carboxylic acids is 1. The van der Waals surface area contributed by atoms with E-state index in [4.69, 9.17) is 10.00 Å². The van der Waals surface area contributed by atoms with Gasteiger partial charge in [0.2, 0.25) is 5.91 Å². The topological polar surface area (TPSA) is 108 Å². The first kappa shape index (κ1) is 22.5. The van der Waals surface area contributed by atoms with Gasteiger partial charge in [-0.2, -0.15) is 5.26 Å². The first-order valence-electron chi connectivity index (χ1n) is 10.9. The number of fused-ring (bicyclic) bond motifs is 1. The van der Waals surface area contributed by atoms with E-state index < -0.39 is 5.60 Å². The summed E-state index contributed by atoms with van der Waals surface area (Å²) >= 11 is 0. The Hall–Kier alpha value is -3.70. The number of hydrogen-bond acceptors (Lipinski definition) is 6. The SMILES string of the molecule is COc1ccccc1CCC(=O)N1CCC(O)(Cn2cnc3cc(C#N)ccc3c2=O)CC1. The highest BCUT2D eigenvalue weighted by atomic mass is 16.5. The van der Waals surface area contributed by atoms with Gasteiger partial charge in [-0.1, -0.05) is 18.2 Å². The van der Waals surface area contributed by atoms with Crippen LogP contribution in [0.2, 0.25) is 0 Å². The minimum absolute atomic E-state index is 0.0424. The van der Waals surface area contributed by atoms with Gasteiger partial charge in [0.25, 0.3) is 5.56 Å². The van der Waals surface area contributed by atoms with E-state index in [1.807, 2.05) is 30.3 Å². The molecule has 1 saturated heterocycles. The highest BCUT2D eigenvalue weighted by Gasteiger charge is 2.34. The Labute approximate surface area is 191 Å². The Morgan fingerprint density at radius 3 is 2.73 bits per heavy atom. The van der Waals surface area contributed by atoms with Crippen LogP contribution in [-0.4, -0.2) is 51.3 Å². The highest BCUT2D eigenvalue weighted by molar-refractivity contribution is 5.78. The highest BCUT2D eigenvalue weighted by Crippen LogP contribution is 2.25. The molecule has 2 heterocycles. The van der Waals surface area contributed by atoms with Gasteiger partial charge in [-0.15, -0.1) is 0 Å². The molecule has 4 rings (SSSR count). The molecule has 0 atom stereocenters. The molecule has 0 unspecified atom stereocenters. The maximum Gasteiger partial charge on any atom is 0.261 e. The number of aromatic nitrogens is 2. The summed E-state index contributed by atoms with van der Waals surface area (Å²) in [6.07, 6.45) is 3.14. The van der Waals surface area contributed by atoms with Crippen molar-refractivity contribution in [1.29, 1.82) is 5.26 Å². The number of aliphatic hydroxyl groups is 1. The van der Waals surface area contributed by atoms with E-state index in [0.717, 1.165) is 11.3 Å². The molecule has 0 radical (unpaired) electrons. The summed E-state index contributed by atoms with van der Waals surface area (Å²) in [4.78, 5) is 31.6. The second-order valence-corrected chi connectivity index (χ2v) is 8.44. The molecule has 1 aliphatic heterocycles. The number of hydrogen-bond donors (Lipinski definition) is 1. The number of nitrogens with zero attached hydrogens (tertiary/aromatic N) is 4. The lowest BCUT2D eigenvalue weighted by Crippen LogP contribution is -2.49. The number of piperidine rings is 1. The number of para-hydroxylation sites is 1. The molecule has 0 saturated carbocycles. The van der Waals surface area contributed by atoms with Crippen LogP contribution in [0.25, 0.3) is 10.9 Å². The Bertz CT molecular complexity index is 1270. The van der Waals surface area contributed by atoms with Gasteiger partial charge in [0.05, 0.1) is 48.1 Å². The number of likely N-dealkylation sites (tertiary alicyclic amines) is 1. The van der Waals surface area contributed by atoms with Crippen LogP contribution in [0.15, 0.2) is 53.6 Å². The number of benzene rings is 2. The summed E-state index contributed by atoms with van der Waals surface area (Å²) in [6, 6.07) is 14.4. The zero-order valence-corrected chi connectivity index (χ0v) is 18.5. The third-order valence-corrected chi connectivity index (χ3v) is 6.27. The summed E-state index contributed by atoms with van der Waals surface area (Å²) in [5.74, 6) is 0.817. The molecule has 0 spiro atoms. The maximum absolute atomic E-state index is 12.8. The first-order chi connectivity index (χ1) is 15.9. The van der Waals surface area contributed by atoms with Gasteiger partial charge < -0.3 is 14.7 Å². The fourth-order valence-electron chi connectivity index (χ4n) is 4.30. The normalized spacial score (nSPS) is 15.2. The molecule has 8 nitrogen and oxygen atoms in total. The van der Waals surface area contributed by atoms with Crippen molar-refractivity contribution < 1.29 is 14.6 Å². The van der Waals surface area contributed by atoms with Gasteiger partial charge >= 0.3 is 0 Å². The number of aryl methyl sites for hydroxylation is 1. The fourth-order valence-corrected chi connectivity index (χ4v) is 4.30. The molecule has 1 N–H and O–H groups in total. The number of rotatable bonds is 6. The van der Waals surface area contributed by atoms with Crippen molar-refractivity contribution in [2.75, 3.05) is 20.2 Å². The third-order valence-electron chi connectivity index (χ3n) is 6.27. The molecule has 2 aromatic carbocycles. The van der Waals surface area contributed by atoms with Crippen molar-refractivity contribution >= 4 is 16.8 Å². The number of carbonyl (C=O) groups is 1. The number of methoxy groups -OCH3 is 1. The summed E-state index contributed by atoms with van der Waals surface area (Å²) in [5.41, 5.74) is 0.539. The summed E-state index contributed by atoms with van der Waals surface area (Å²) in [5, 5.41) is 20.5. The predicted molar refractivity (Wildman–Crippen MR) is 123 cm³/mol. The monoisotopic (exact) mass is 446 g/mol. The van der Waals surface area contributed by atoms with E-state index in [-0.39, 0.29) is 18.0 Å². The van der Waals surface area contributed by atoms with Crippen LogP contribution in [0.5, 0.6) is 5.75 Å². The van der Waals surface area contributed by atoms with Crippen LogP contribution < -0.4 is 10.3 Å². The van der Waals surface area contributed by atoms with Gasteiger partial charge in [-0.05, 0) is 49.1 Å². The van der Waals surface area contributed by atoms with E-state index in [1.54, 1.807) is 30.2 Å². The molecular formula is C25H26N4O4. The van der Waals surface area contributed by atoms with Gasteiger partial charge in [0.1, 0.15) is 5.75 Å². The van der Waals surface area contributed by atoms with Gasteiger partial charge in [0, 0.05) is 19.5 Å². The average Bonchev–Trinajstić information content (AvgIpc) is 2.84. The standard InChI is InChI=1S/C25H26N4O4/c1-33-22-5-3-2-4-19(22)7-9-23(30)28-12-10-25(32,11-13-28)16-29-17-27-21-14-18(15-26)6-8-20(21)24(29)31/h2-6,8,14,17,32H,7,9-13,16H2,1H3. The zero-order valence-electron chi connectivity index (χ0n) is 18.5. The molecule has 8 heteroatoms. The van der Waals surface area contributed by atoms with Crippen LogP contribution >= 0.6 is 0 Å². The summed E-state index contributed by atoms with van der Waals surface area (Å²) in [6.45, 7) is 0.975.